The zero-order valence-electron chi connectivity index (χ0n) is 17.8. The van der Waals surface area contributed by atoms with Gasteiger partial charge in [0.15, 0.2) is 0 Å². The van der Waals surface area contributed by atoms with Crippen LogP contribution in [0, 0.1) is 0 Å². The van der Waals surface area contributed by atoms with Gasteiger partial charge in [0.05, 0.1) is 19.3 Å². The first-order valence-corrected chi connectivity index (χ1v) is 10.2. The van der Waals surface area contributed by atoms with Gasteiger partial charge in [-0.05, 0) is 29.3 Å². The zero-order valence-corrected chi connectivity index (χ0v) is 17.8. The molecule has 0 spiro atoms. The van der Waals surface area contributed by atoms with Crippen LogP contribution in [-0.2, 0) is 13.1 Å². The van der Waals surface area contributed by atoms with E-state index in [9.17, 15) is 14.4 Å². The molecule has 166 valence electrons. The number of amides is 1. The van der Waals surface area contributed by atoms with Crippen molar-refractivity contribution in [2.75, 3.05) is 7.11 Å². The molecule has 2 aromatic heterocycles. The molecule has 0 saturated carbocycles. The normalized spacial score (nSPS) is 10.6. The first-order valence-electron chi connectivity index (χ1n) is 10.2. The van der Waals surface area contributed by atoms with Crippen LogP contribution >= 0.6 is 0 Å². The van der Waals surface area contributed by atoms with Gasteiger partial charge in [-0.25, -0.2) is 4.79 Å². The van der Waals surface area contributed by atoms with Crippen LogP contribution in [0.2, 0.25) is 0 Å². The average Bonchev–Trinajstić information content (AvgIpc) is 2.86. The predicted molar refractivity (Wildman–Crippen MR) is 122 cm³/mol. The Kier molecular flexibility index (Phi) is 6.40. The number of hydrogen-bond acceptors (Lipinski definition) is 6. The second-order valence-corrected chi connectivity index (χ2v) is 7.17. The second-order valence-electron chi connectivity index (χ2n) is 7.17. The number of benzene rings is 2. The molecule has 0 saturated heterocycles. The minimum atomic E-state index is -0.772. The van der Waals surface area contributed by atoms with Crippen molar-refractivity contribution in [3.05, 3.63) is 117 Å². The highest BCUT2D eigenvalue weighted by Gasteiger charge is 2.20. The molecule has 4 rings (SSSR count). The highest BCUT2D eigenvalue weighted by molar-refractivity contribution is 5.91. The van der Waals surface area contributed by atoms with Crippen LogP contribution in [0.5, 0.6) is 5.75 Å². The monoisotopic (exact) mass is 443 g/mol. The van der Waals surface area contributed by atoms with E-state index in [1.807, 2.05) is 18.2 Å². The molecule has 0 bridgehead atoms. The molecule has 0 aliphatic carbocycles. The van der Waals surface area contributed by atoms with Crippen LogP contribution in [0.1, 0.15) is 21.6 Å². The number of aromatic nitrogens is 4. The summed E-state index contributed by atoms with van der Waals surface area (Å²) in [6, 6.07) is 19.2. The van der Waals surface area contributed by atoms with Crippen LogP contribution in [0.4, 0.5) is 0 Å². The lowest BCUT2D eigenvalue weighted by molar-refractivity contribution is 0.0941. The summed E-state index contributed by atoms with van der Waals surface area (Å²) >= 11 is 0. The second kappa shape index (κ2) is 9.73. The quantitative estimate of drug-likeness (QED) is 0.467. The molecule has 33 heavy (non-hydrogen) atoms. The number of carbonyl (C=O) groups excluding carboxylic acids is 1. The zero-order chi connectivity index (χ0) is 23.2. The van der Waals surface area contributed by atoms with E-state index in [0.717, 1.165) is 20.4 Å². The first-order chi connectivity index (χ1) is 16.1. The maximum absolute atomic E-state index is 13.2. The van der Waals surface area contributed by atoms with Crippen LogP contribution < -0.4 is 21.3 Å². The molecule has 2 heterocycles. The summed E-state index contributed by atoms with van der Waals surface area (Å²) in [5.74, 6) is -0.188. The van der Waals surface area contributed by atoms with E-state index in [2.05, 4.69) is 15.4 Å². The summed E-state index contributed by atoms with van der Waals surface area (Å²) in [5, 5.41) is 6.79. The Labute approximate surface area is 188 Å². The van der Waals surface area contributed by atoms with Gasteiger partial charge in [0.1, 0.15) is 5.75 Å². The van der Waals surface area contributed by atoms with Crippen LogP contribution in [0.3, 0.4) is 0 Å². The number of hydrogen-bond donors (Lipinski definition) is 1. The molecule has 0 aliphatic heterocycles. The van der Waals surface area contributed by atoms with Crippen molar-refractivity contribution in [3.8, 4) is 11.4 Å². The minimum absolute atomic E-state index is 0.00607. The Morgan fingerprint density at radius 2 is 1.79 bits per heavy atom. The van der Waals surface area contributed by atoms with Crippen molar-refractivity contribution in [2.45, 2.75) is 13.1 Å². The first kappa shape index (κ1) is 21.7. The smallest absolute Gasteiger partial charge is 0.352 e. The molecule has 0 unspecified atom stereocenters. The van der Waals surface area contributed by atoms with Crippen molar-refractivity contribution >= 4 is 5.91 Å². The fourth-order valence-corrected chi connectivity index (χ4v) is 3.24. The predicted octanol–water partition coefficient (Wildman–Crippen LogP) is 1.78. The maximum atomic E-state index is 13.2. The Bertz CT molecular complexity index is 1380. The number of methoxy groups -OCH3 is 1. The van der Waals surface area contributed by atoms with Gasteiger partial charge in [0.2, 0.25) is 5.69 Å². The number of pyridine rings is 1. The fraction of sp³-hybridized carbons (Fsp3) is 0.125. The molecule has 9 heteroatoms. The summed E-state index contributed by atoms with van der Waals surface area (Å²) in [5.41, 5.74) is 0.0331. The third-order valence-corrected chi connectivity index (χ3v) is 4.93. The maximum Gasteiger partial charge on any atom is 0.352 e. The Morgan fingerprint density at radius 3 is 2.52 bits per heavy atom. The molecule has 2 aromatic carbocycles. The van der Waals surface area contributed by atoms with Gasteiger partial charge in [-0.15, -0.1) is 0 Å². The number of carbonyl (C=O) groups is 1. The highest BCUT2D eigenvalue weighted by Crippen LogP contribution is 2.14. The molecule has 1 amide bonds. The SMILES string of the molecule is COc1cccc(-n2nc(C(=O)NCc3cccnc3)c(=O)n(Cc3ccccc3)c2=O)c1. The van der Waals surface area contributed by atoms with Crippen LogP contribution in [0.25, 0.3) is 5.69 Å². The largest absolute Gasteiger partial charge is 0.497 e. The van der Waals surface area contributed by atoms with Crippen molar-refractivity contribution in [2.24, 2.45) is 0 Å². The van der Waals surface area contributed by atoms with Crippen molar-refractivity contribution in [3.63, 3.8) is 0 Å². The summed E-state index contributed by atoms with van der Waals surface area (Å²) in [6.45, 7) is 0.151. The lowest BCUT2D eigenvalue weighted by Crippen LogP contribution is -2.46. The van der Waals surface area contributed by atoms with E-state index in [4.69, 9.17) is 4.74 Å². The molecular weight excluding hydrogens is 422 g/mol. The van der Waals surface area contributed by atoms with Gasteiger partial charge in [-0.2, -0.15) is 9.78 Å². The van der Waals surface area contributed by atoms with E-state index >= 15 is 0 Å². The molecule has 1 N–H and O–H groups in total. The van der Waals surface area contributed by atoms with Crippen LogP contribution in [0.15, 0.2) is 88.7 Å². The number of nitrogens with one attached hydrogen (secondary N) is 1. The molecule has 0 aliphatic rings. The van der Waals surface area contributed by atoms with E-state index < -0.39 is 22.9 Å². The molecule has 0 atom stereocenters. The standard InChI is InChI=1S/C24H21N5O4/c1-33-20-11-5-10-19(13-20)29-24(32)28(16-17-7-3-2-4-8-17)23(31)21(27-29)22(30)26-15-18-9-6-12-25-14-18/h2-14H,15-16H2,1H3,(H,26,30). The minimum Gasteiger partial charge on any atom is -0.497 e. The van der Waals surface area contributed by atoms with Crippen molar-refractivity contribution < 1.29 is 9.53 Å². The van der Waals surface area contributed by atoms with Crippen molar-refractivity contribution in [1.29, 1.82) is 0 Å². The van der Waals surface area contributed by atoms with Crippen LogP contribution in [-0.4, -0.2) is 32.3 Å². The van der Waals surface area contributed by atoms with Crippen molar-refractivity contribution in [1.82, 2.24) is 24.6 Å². The van der Waals surface area contributed by atoms with E-state index in [1.54, 1.807) is 60.9 Å². The van der Waals surface area contributed by atoms with Gasteiger partial charge in [-0.3, -0.25) is 19.1 Å². The third kappa shape index (κ3) is 4.87. The highest BCUT2D eigenvalue weighted by atomic mass is 16.5. The van der Waals surface area contributed by atoms with Gasteiger partial charge in [0, 0.05) is 25.0 Å². The van der Waals surface area contributed by atoms with Gasteiger partial charge in [-0.1, -0.05) is 42.5 Å². The van der Waals surface area contributed by atoms with E-state index in [1.165, 1.54) is 7.11 Å². The molecular formula is C24H21N5O4. The molecule has 9 nitrogen and oxygen atoms in total. The summed E-state index contributed by atoms with van der Waals surface area (Å²) in [4.78, 5) is 43.3. The fourth-order valence-electron chi connectivity index (χ4n) is 3.24. The van der Waals surface area contributed by atoms with Gasteiger partial charge in [0.25, 0.3) is 11.5 Å². The van der Waals surface area contributed by atoms with Gasteiger partial charge >= 0.3 is 5.69 Å². The van der Waals surface area contributed by atoms with Gasteiger partial charge < -0.3 is 10.1 Å². The Hall–Kier alpha value is -4.53. The molecule has 0 fully saturated rings. The number of rotatable bonds is 7. The Balaban J connectivity index is 1.79. The summed E-state index contributed by atoms with van der Waals surface area (Å²) in [6.07, 6.45) is 3.23. The lowest BCUT2D eigenvalue weighted by Gasteiger charge is -2.13. The number of ether oxygens (including phenoxy) is 1. The number of nitrogens with zero attached hydrogens (tertiary/aromatic N) is 4. The summed E-state index contributed by atoms with van der Waals surface area (Å²) < 4.78 is 7.27. The summed E-state index contributed by atoms with van der Waals surface area (Å²) in [7, 11) is 1.50. The molecule has 4 aromatic rings. The lowest BCUT2D eigenvalue weighted by atomic mass is 10.2. The third-order valence-electron chi connectivity index (χ3n) is 4.93. The van der Waals surface area contributed by atoms with E-state index in [-0.39, 0.29) is 13.1 Å². The average molecular weight is 443 g/mol. The molecule has 0 radical (unpaired) electrons. The van der Waals surface area contributed by atoms with E-state index in [0.29, 0.717) is 11.4 Å². The Morgan fingerprint density at radius 1 is 1.00 bits per heavy atom. The topological polar surface area (TPSA) is 108 Å².